The number of carbonyl (C=O) groups excluding carboxylic acids is 3. The van der Waals surface area contributed by atoms with Crippen LogP contribution >= 0.6 is 0 Å². The fraction of sp³-hybridized carbons (Fsp3) is 0.417. The van der Waals surface area contributed by atoms with Crippen LogP contribution < -0.4 is 5.32 Å². The smallest absolute Gasteiger partial charge is 0.324 e. The Morgan fingerprint density at radius 3 is 2.71 bits per heavy atom. The Kier molecular flexibility index (Phi) is 6.60. The molecular formula is C24H28N4O3. The zero-order valence-corrected chi connectivity index (χ0v) is 17.6. The number of benzene rings is 1. The summed E-state index contributed by atoms with van der Waals surface area (Å²) in [5.41, 5.74) is 2.13. The van der Waals surface area contributed by atoms with Crippen molar-refractivity contribution in [2.24, 2.45) is 0 Å². The van der Waals surface area contributed by atoms with Gasteiger partial charge in [-0.1, -0.05) is 36.4 Å². The van der Waals surface area contributed by atoms with Crippen molar-refractivity contribution in [1.29, 1.82) is 0 Å². The second-order valence-corrected chi connectivity index (χ2v) is 8.15. The predicted molar refractivity (Wildman–Crippen MR) is 116 cm³/mol. The van der Waals surface area contributed by atoms with Crippen LogP contribution in [0.5, 0.6) is 0 Å². The lowest BCUT2D eigenvalue weighted by Gasteiger charge is -2.36. The van der Waals surface area contributed by atoms with Crippen LogP contribution in [-0.2, 0) is 16.0 Å². The van der Waals surface area contributed by atoms with Crippen LogP contribution in [0.25, 0.3) is 0 Å². The SMILES string of the molecule is O=C1N[C@H](CCC(=O)N2CCCC[C@@H]2c2cccnc2)C(=O)N1CCc1ccccc1. The highest BCUT2D eigenvalue weighted by Crippen LogP contribution is 2.31. The van der Waals surface area contributed by atoms with Crippen LogP contribution in [-0.4, -0.2) is 51.8 Å². The molecule has 4 amide bonds. The average Bonchev–Trinajstić information content (AvgIpc) is 3.09. The molecule has 0 aliphatic carbocycles. The van der Waals surface area contributed by atoms with Gasteiger partial charge in [0.05, 0.1) is 6.04 Å². The van der Waals surface area contributed by atoms with Crippen molar-refractivity contribution < 1.29 is 14.4 Å². The highest BCUT2D eigenvalue weighted by molar-refractivity contribution is 6.04. The largest absolute Gasteiger partial charge is 0.336 e. The van der Waals surface area contributed by atoms with Gasteiger partial charge in [0.1, 0.15) is 6.04 Å². The summed E-state index contributed by atoms with van der Waals surface area (Å²) < 4.78 is 0. The highest BCUT2D eigenvalue weighted by Gasteiger charge is 2.38. The molecule has 7 heteroatoms. The number of nitrogens with zero attached hydrogens (tertiary/aromatic N) is 3. The Labute approximate surface area is 182 Å². The van der Waals surface area contributed by atoms with E-state index in [4.69, 9.17) is 0 Å². The first kappa shape index (κ1) is 21.0. The van der Waals surface area contributed by atoms with Gasteiger partial charge >= 0.3 is 6.03 Å². The summed E-state index contributed by atoms with van der Waals surface area (Å²) in [4.78, 5) is 45.4. The minimum Gasteiger partial charge on any atom is -0.336 e. The first-order valence-corrected chi connectivity index (χ1v) is 11.0. The average molecular weight is 421 g/mol. The molecule has 162 valence electrons. The molecule has 2 aromatic rings. The van der Waals surface area contributed by atoms with Crippen molar-refractivity contribution in [1.82, 2.24) is 20.1 Å². The highest BCUT2D eigenvalue weighted by atomic mass is 16.2. The maximum absolute atomic E-state index is 13.0. The van der Waals surface area contributed by atoms with Crippen LogP contribution in [0.4, 0.5) is 4.79 Å². The standard InChI is InChI=1S/C24H28N4O3/c29-22(27-15-5-4-10-21(27)19-9-6-14-25-17-19)12-11-20-23(30)28(24(31)26-20)16-13-18-7-2-1-3-8-18/h1-3,6-9,14,17,20-21H,4-5,10-13,15-16H2,(H,26,31)/t20-,21-/m1/s1. The molecule has 2 saturated heterocycles. The molecule has 0 saturated carbocycles. The summed E-state index contributed by atoms with van der Waals surface area (Å²) in [6, 6.07) is 12.7. The Bertz CT molecular complexity index is 919. The quantitative estimate of drug-likeness (QED) is 0.698. The Morgan fingerprint density at radius 2 is 1.94 bits per heavy atom. The van der Waals surface area contributed by atoms with E-state index in [-0.39, 0.29) is 30.3 Å². The van der Waals surface area contributed by atoms with E-state index in [0.717, 1.165) is 30.4 Å². The third-order valence-corrected chi connectivity index (χ3v) is 6.11. The number of hydrogen-bond donors (Lipinski definition) is 1. The van der Waals surface area contributed by atoms with Crippen LogP contribution in [0.15, 0.2) is 54.9 Å². The van der Waals surface area contributed by atoms with Crippen LogP contribution in [0.2, 0.25) is 0 Å². The molecule has 0 spiro atoms. The summed E-state index contributed by atoms with van der Waals surface area (Å²) in [5, 5.41) is 2.75. The molecule has 2 fully saturated rings. The zero-order valence-electron chi connectivity index (χ0n) is 17.6. The molecule has 4 rings (SSSR count). The van der Waals surface area contributed by atoms with Gasteiger partial charge < -0.3 is 10.2 Å². The van der Waals surface area contributed by atoms with Gasteiger partial charge in [-0.05, 0) is 49.3 Å². The monoisotopic (exact) mass is 420 g/mol. The maximum Gasteiger partial charge on any atom is 0.324 e. The topological polar surface area (TPSA) is 82.6 Å². The molecule has 7 nitrogen and oxygen atoms in total. The molecule has 0 unspecified atom stereocenters. The Hall–Kier alpha value is -3.22. The summed E-state index contributed by atoms with van der Waals surface area (Å²) in [7, 11) is 0. The van der Waals surface area contributed by atoms with E-state index < -0.39 is 6.04 Å². The molecule has 1 aromatic carbocycles. The third kappa shape index (κ3) is 4.93. The van der Waals surface area contributed by atoms with Crippen molar-refractivity contribution in [2.45, 2.75) is 50.6 Å². The van der Waals surface area contributed by atoms with E-state index in [1.165, 1.54) is 4.90 Å². The molecule has 2 atom stereocenters. The maximum atomic E-state index is 13.0. The normalized spacial score (nSPS) is 21.3. The molecule has 1 aromatic heterocycles. The number of likely N-dealkylation sites (tertiary alicyclic amines) is 1. The zero-order chi connectivity index (χ0) is 21.6. The van der Waals surface area contributed by atoms with Gasteiger partial charge in [-0.2, -0.15) is 0 Å². The Morgan fingerprint density at radius 1 is 1.10 bits per heavy atom. The lowest BCUT2D eigenvalue weighted by Crippen LogP contribution is -2.39. The van der Waals surface area contributed by atoms with Crippen LogP contribution in [0.3, 0.4) is 0 Å². The van der Waals surface area contributed by atoms with Crippen molar-refractivity contribution in [2.75, 3.05) is 13.1 Å². The molecular weight excluding hydrogens is 392 g/mol. The number of piperidine rings is 1. The van der Waals surface area contributed by atoms with E-state index in [9.17, 15) is 14.4 Å². The third-order valence-electron chi connectivity index (χ3n) is 6.11. The lowest BCUT2D eigenvalue weighted by atomic mass is 9.95. The number of aromatic nitrogens is 1. The van der Waals surface area contributed by atoms with Crippen molar-refractivity contribution >= 4 is 17.8 Å². The van der Waals surface area contributed by atoms with Gasteiger partial charge in [-0.15, -0.1) is 0 Å². The van der Waals surface area contributed by atoms with Crippen LogP contribution in [0.1, 0.15) is 49.3 Å². The second kappa shape index (κ2) is 9.73. The number of nitrogens with one attached hydrogen (secondary N) is 1. The molecule has 1 N–H and O–H groups in total. The van der Waals surface area contributed by atoms with Gasteiger partial charge in [-0.3, -0.25) is 19.5 Å². The van der Waals surface area contributed by atoms with E-state index in [1.54, 1.807) is 6.20 Å². The van der Waals surface area contributed by atoms with Gasteiger partial charge in [0.2, 0.25) is 5.91 Å². The van der Waals surface area contributed by atoms with Gasteiger partial charge in [0.25, 0.3) is 5.91 Å². The minimum atomic E-state index is -0.631. The van der Waals surface area contributed by atoms with E-state index >= 15 is 0 Å². The summed E-state index contributed by atoms with van der Waals surface area (Å²) in [6.07, 6.45) is 7.71. The van der Waals surface area contributed by atoms with Crippen molar-refractivity contribution in [3.8, 4) is 0 Å². The number of imide groups is 1. The number of hydrogen-bond acceptors (Lipinski definition) is 4. The predicted octanol–water partition coefficient (Wildman–Crippen LogP) is 3.08. The number of rotatable bonds is 7. The lowest BCUT2D eigenvalue weighted by molar-refractivity contribution is -0.135. The molecule has 0 radical (unpaired) electrons. The summed E-state index contributed by atoms with van der Waals surface area (Å²) >= 11 is 0. The first-order valence-electron chi connectivity index (χ1n) is 11.0. The molecule has 2 aliphatic rings. The number of pyridine rings is 1. The fourth-order valence-electron chi connectivity index (χ4n) is 4.43. The summed E-state index contributed by atoms with van der Waals surface area (Å²) in [5.74, 6) is -0.213. The summed E-state index contributed by atoms with van der Waals surface area (Å²) in [6.45, 7) is 1.06. The van der Waals surface area contributed by atoms with Crippen molar-refractivity contribution in [3.63, 3.8) is 0 Å². The number of amides is 4. The number of urea groups is 1. The fourth-order valence-corrected chi connectivity index (χ4v) is 4.43. The Balaban J connectivity index is 1.32. The molecule has 0 bridgehead atoms. The van der Waals surface area contributed by atoms with E-state index in [2.05, 4.69) is 10.3 Å². The minimum absolute atomic E-state index is 0.0262. The van der Waals surface area contributed by atoms with Gasteiger partial charge in [-0.25, -0.2) is 4.79 Å². The van der Waals surface area contributed by atoms with Crippen LogP contribution in [0, 0.1) is 0 Å². The van der Waals surface area contributed by atoms with Gasteiger partial charge in [0, 0.05) is 31.9 Å². The molecule has 3 heterocycles. The first-order chi connectivity index (χ1) is 15.1. The second-order valence-electron chi connectivity index (χ2n) is 8.15. The van der Waals surface area contributed by atoms with E-state index in [0.29, 0.717) is 25.9 Å². The molecule has 31 heavy (non-hydrogen) atoms. The molecule has 2 aliphatic heterocycles. The number of carbonyl (C=O) groups is 3. The van der Waals surface area contributed by atoms with Crippen molar-refractivity contribution in [3.05, 3.63) is 66.0 Å². The van der Waals surface area contributed by atoms with E-state index in [1.807, 2.05) is 53.6 Å². The van der Waals surface area contributed by atoms with Gasteiger partial charge in [0.15, 0.2) is 0 Å².